The van der Waals surface area contributed by atoms with Crippen molar-refractivity contribution in [2.75, 3.05) is 0 Å². The van der Waals surface area contributed by atoms with E-state index in [1.807, 2.05) is 0 Å². The molecule has 0 fully saturated rings. The molecule has 0 bridgehead atoms. The molecule has 0 aliphatic heterocycles. The van der Waals surface area contributed by atoms with Gasteiger partial charge in [-0.1, -0.05) is 18.2 Å². The highest BCUT2D eigenvalue weighted by Gasteiger charge is 2.40. The molecule has 2 rings (SSSR count). The van der Waals surface area contributed by atoms with Crippen molar-refractivity contribution in [2.24, 2.45) is 0 Å². The van der Waals surface area contributed by atoms with Crippen LogP contribution >= 0.6 is 0 Å². The van der Waals surface area contributed by atoms with E-state index >= 15 is 0 Å². The predicted octanol–water partition coefficient (Wildman–Crippen LogP) is 2.75. The first-order valence-electron chi connectivity index (χ1n) is 5.20. The topological polar surface area (TPSA) is 129 Å². The van der Waals surface area contributed by atoms with E-state index in [-0.39, 0.29) is 16.3 Å². The van der Waals surface area contributed by atoms with Crippen molar-refractivity contribution in [2.45, 2.75) is 0 Å². The summed E-state index contributed by atoms with van der Waals surface area (Å²) in [5.74, 6) is 0. The number of benzene rings is 2. The van der Waals surface area contributed by atoms with Crippen LogP contribution in [0.15, 0.2) is 24.3 Å². The SMILES string of the molecule is [CH2]c1c([N+](=O)[O-])c([N+](=O)[O-])c([N+](=O)[O-])c2ccccc12. The molecule has 0 spiro atoms. The van der Waals surface area contributed by atoms with Crippen LogP contribution in [-0.2, 0) is 0 Å². The molecule has 0 saturated carbocycles. The van der Waals surface area contributed by atoms with Gasteiger partial charge in [0, 0.05) is 5.56 Å². The zero-order valence-electron chi connectivity index (χ0n) is 9.81. The Morgan fingerprint density at radius 2 is 1.20 bits per heavy atom. The Morgan fingerprint density at radius 3 is 1.65 bits per heavy atom. The summed E-state index contributed by atoms with van der Waals surface area (Å²) < 4.78 is 0. The van der Waals surface area contributed by atoms with E-state index in [9.17, 15) is 30.3 Å². The van der Waals surface area contributed by atoms with Gasteiger partial charge >= 0.3 is 17.1 Å². The lowest BCUT2D eigenvalue weighted by Crippen LogP contribution is -2.04. The van der Waals surface area contributed by atoms with Crippen LogP contribution in [0, 0.1) is 37.3 Å². The summed E-state index contributed by atoms with van der Waals surface area (Å²) in [7, 11) is 0. The van der Waals surface area contributed by atoms with Crippen LogP contribution < -0.4 is 0 Å². The number of nitro groups is 3. The average molecular weight is 276 g/mol. The molecule has 101 valence electrons. The Kier molecular flexibility index (Phi) is 3.02. The lowest BCUT2D eigenvalue weighted by molar-refractivity contribution is -0.440. The lowest BCUT2D eigenvalue weighted by atomic mass is 10.00. The Hall–Kier alpha value is -3.10. The second kappa shape index (κ2) is 4.53. The van der Waals surface area contributed by atoms with Gasteiger partial charge in [-0.15, -0.1) is 0 Å². The second-order valence-electron chi connectivity index (χ2n) is 3.84. The van der Waals surface area contributed by atoms with Crippen molar-refractivity contribution in [3.8, 4) is 0 Å². The highest BCUT2D eigenvalue weighted by Crippen LogP contribution is 2.44. The molecule has 0 saturated heterocycles. The number of nitrogens with zero attached hydrogens (tertiary/aromatic N) is 3. The van der Waals surface area contributed by atoms with Crippen LogP contribution in [0.3, 0.4) is 0 Å². The summed E-state index contributed by atoms with van der Waals surface area (Å²) in [5, 5.41) is 33.2. The molecule has 20 heavy (non-hydrogen) atoms. The van der Waals surface area contributed by atoms with E-state index in [0.29, 0.717) is 0 Å². The number of rotatable bonds is 3. The fraction of sp³-hybridized carbons (Fsp3) is 0. The number of fused-ring (bicyclic) bond motifs is 1. The Balaban J connectivity index is 3.15. The second-order valence-corrected chi connectivity index (χ2v) is 3.84. The zero-order chi connectivity index (χ0) is 15.0. The average Bonchev–Trinajstić information content (AvgIpc) is 2.37. The summed E-state index contributed by atoms with van der Waals surface area (Å²) >= 11 is 0. The van der Waals surface area contributed by atoms with Gasteiger partial charge in [0.15, 0.2) is 0 Å². The summed E-state index contributed by atoms with van der Waals surface area (Å²) in [4.78, 5) is 30.0. The van der Waals surface area contributed by atoms with Gasteiger partial charge in [-0.05, 0) is 18.4 Å². The third kappa shape index (κ3) is 1.81. The first-order valence-corrected chi connectivity index (χ1v) is 5.20. The molecule has 9 nitrogen and oxygen atoms in total. The molecular formula is C11H6N3O6. The van der Waals surface area contributed by atoms with Gasteiger partial charge in [0.1, 0.15) is 0 Å². The molecule has 0 N–H and O–H groups in total. The van der Waals surface area contributed by atoms with Crippen molar-refractivity contribution in [3.05, 3.63) is 67.1 Å². The largest absolute Gasteiger partial charge is 0.423 e. The molecule has 0 amide bonds. The Morgan fingerprint density at radius 1 is 0.750 bits per heavy atom. The molecule has 2 aromatic carbocycles. The van der Waals surface area contributed by atoms with Crippen molar-refractivity contribution in [1.29, 1.82) is 0 Å². The van der Waals surface area contributed by atoms with Crippen molar-refractivity contribution in [3.63, 3.8) is 0 Å². The maximum absolute atomic E-state index is 11.1. The standard InChI is InChI=1S/C11H6N3O6/c1-6-7-4-2-3-5-8(7)10(13(17)18)11(14(19)20)9(6)12(15)16/h2-5H,1H2. The van der Waals surface area contributed by atoms with E-state index in [4.69, 9.17) is 0 Å². The van der Waals surface area contributed by atoms with Crippen LogP contribution in [0.25, 0.3) is 10.8 Å². The number of hydrogen-bond acceptors (Lipinski definition) is 6. The first-order chi connectivity index (χ1) is 9.36. The third-order valence-electron chi connectivity index (χ3n) is 2.79. The highest BCUT2D eigenvalue weighted by molar-refractivity contribution is 6.02. The molecule has 0 heterocycles. The van der Waals surface area contributed by atoms with Gasteiger partial charge < -0.3 is 0 Å². The molecular weight excluding hydrogens is 270 g/mol. The van der Waals surface area contributed by atoms with E-state index in [1.165, 1.54) is 24.3 Å². The maximum Gasteiger partial charge on any atom is 0.423 e. The highest BCUT2D eigenvalue weighted by atomic mass is 16.6. The van der Waals surface area contributed by atoms with E-state index < -0.39 is 31.8 Å². The quantitative estimate of drug-likeness (QED) is 0.625. The smallest absolute Gasteiger partial charge is 0.258 e. The molecule has 0 unspecified atom stereocenters. The van der Waals surface area contributed by atoms with E-state index in [2.05, 4.69) is 6.92 Å². The van der Waals surface area contributed by atoms with Crippen LogP contribution in [0.1, 0.15) is 5.56 Å². The minimum absolute atomic E-state index is 0.0557. The molecule has 1 radical (unpaired) electrons. The zero-order valence-corrected chi connectivity index (χ0v) is 9.81. The lowest BCUT2D eigenvalue weighted by Gasteiger charge is -2.05. The maximum atomic E-state index is 11.1. The molecule has 0 aliphatic carbocycles. The molecule has 0 aliphatic rings. The van der Waals surface area contributed by atoms with Gasteiger partial charge in [0.25, 0.3) is 0 Å². The third-order valence-corrected chi connectivity index (χ3v) is 2.79. The molecule has 2 aromatic rings. The van der Waals surface area contributed by atoms with Crippen molar-refractivity contribution in [1.82, 2.24) is 0 Å². The normalized spacial score (nSPS) is 10.4. The summed E-state index contributed by atoms with van der Waals surface area (Å²) in [6.45, 7) is 3.44. The molecule has 0 atom stereocenters. The number of nitro benzene ring substituents is 3. The minimum atomic E-state index is -1.15. The van der Waals surface area contributed by atoms with Crippen LogP contribution in [-0.4, -0.2) is 14.8 Å². The van der Waals surface area contributed by atoms with E-state index in [0.717, 1.165) is 0 Å². The van der Waals surface area contributed by atoms with Gasteiger partial charge in [-0.2, -0.15) is 0 Å². The van der Waals surface area contributed by atoms with E-state index in [1.54, 1.807) is 0 Å². The summed E-state index contributed by atoms with van der Waals surface area (Å²) in [6.07, 6.45) is 0. The Bertz CT molecular complexity index is 770. The fourth-order valence-electron chi connectivity index (χ4n) is 2.02. The predicted molar refractivity (Wildman–Crippen MR) is 68.4 cm³/mol. The van der Waals surface area contributed by atoms with Crippen LogP contribution in [0.5, 0.6) is 0 Å². The van der Waals surface area contributed by atoms with Gasteiger partial charge in [-0.25, -0.2) is 0 Å². The van der Waals surface area contributed by atoms with Gasteiger partial charge in [0.2, 0.25) is 0 Å². The fourth-order valence-corrected chi connectivity index (χ4v) is 2.02. The van der Waals surface area contributed by atoms with Crippen molar-refractivity contribution < 1.29 is 14.8 Å². The van der Waals surface area contributed by atoms with Crippen molar-refractivity contribution >= 4 is 27.8 Å². The van der Waals surface area contributed by atoms with Crippen LogP contribution in [0.2, 0.25) is 0 Å². The van der Waals surface area contributed by atoms with Crippen LogP contribution in [0.4, 0.5) is 17.1 Å². The Labute approximate surface area is 110 Å². The summed E-state index contributed by atoms with van der Waals surface area (Å²) in [5.41, 5.74) is -3.23. The summed E-state index contributed by atoms with van der Waals surface area (Å²) in [6, 6.07) is 5.64. The molecule has 0 aromatic heterocycles. The first kappa shape index (κ1) is 13.3. The van der Waals surface area contributed by atoms with Gasteiger partial charge in [-0.3, -0.25) is 30.3 Å². The minimum Gasteiger partial charge on any atom is -0.258 e. The molecule has 9 heteroatoms. The number of hydrogen-bond donors (Lipinski definition) is 0. The monoisotopic (exact) mass is 276 g/mol. The van der Waals surface area contributed by atoms with Gasteiger partial charge in [0.05, 0.1) is 20.2 Å².